The zero-order chi connectivity index (χ0) is 12.8. The van der Waals surface area contributed by atoms with Crippen molar-refractivity contribution in [2.45, 2.75) is 37.8 Å². The van der Waals surface area contributed by atoms with Gasteiger partial charge in [0, 0.05) is 12.8 Å². The van der Waals surface area contributed by atoms with Gasteiger partial charge in [0.05, 0.1) is 6.07 Å². The monoisotopic (exact) mass is 239 g/mol. The van der Waals surface area contributed by atoms with E-state index in [1.54, 1.807) is 0 Å². The third-order valence-corrected chi connectivity index (χ3v) is 2.47. The molecule has 3 N–H and O–H groups in total. The summed E-state index contributed by atoms with van der Waals surface area (Å²) in [5, 5.41) is 22.0. The number of carbonyl (C=O) groups excluding carboxylic acids is 2. The Kier molecular flexibility index (Phi) is 4.46. The summed E-state index contributed by atoms with van der Waals surface area (Å²) < 4.78 is 0. The molecule has 0 aromatic carbocycles. The zero-order valence-corrected chi connectivity index (χ0v) is 9.10. The maximum atomic E-state index is 11.6. The van der Waals surface area contributed by atoms with E-state index >= 15 is 0 Å². The standard InChI is InChI=1S/C10H13N3O4/c11-5-1-2-7(10(16)17)13-9(15)6-3-4-8(14)12-6/h6-7H,1-4H2,(H,12,14)(H,13,15)(H,16,17)/t6-,7+/m0/s1. The molecule has 92 valence electrons. The van der Waals surface area contributed by atoms with Crippen LogP contribution in [0, 0.1) is 11.3 Å². The van der Waals surface area contributed by atoms with Crippen molar-refractivity contribution in [2.24, 2.45) is 0 Å². The van der Waals surface area contributed by atoms with Gasteiger partial charge < -0.3 is 15.7 Å². The number of hydrogen-bond acceptors (Lipinski definition) is 4. The largest absolute Gasteiger partial charge is 0.480 e. The lowest BCUT2D eigenvalue weighted by molar-refractivity contribution is -0.142. The molecule has 0 radical (unpaired) electrons. The second kappa shape index (κ2) is 5.84. The molecule has 1 aliphatic heterocycles. The molecule has 7 heteroatoms. The van der Waals surface area contributed by atoms with Crippen LogP contribution >= 0.6 is 0 Å². The molecule has 2 amide bonds. The number of nitriles is 1. The topological polar surface area (TPSA) is 119 Å². The van der Waals surface area contributed by atoms with Gasteiger partial charge in [0.25, 0.3) is 0 Å². The second-order valence-electron chi connectivity index (χ2n) is 3.75. The minimum atomic E-state index is -1.18. The van der Waals surface area contributed by atoms with Gasteiger partial charge in [-0.1, -0.05) is 0 Å². The van der Waals surface area contributed by atoms with E-state index in [0.717, 1.165) is 0 Å². The lowest BCUT2D eigenvalue weighted by Gasteiger charge is -2.16. The quantitative estimate of drug-likeness (QED) is 0.576. The fourth-order valence-electron chi connectivity index (χ4n) is 1.55. The third kappa shape index (κ3) is 3.75. The van der Waals surface area contributed by atoms with Gasteiger partial charge in [-0.2, -0.15) is 5.26 Å². The molecule has 1 heterocycles. The Morgan fingerprint density at radius 3 is 2.82 bits per heavy atom. The highest BCUT2D eigenvalue weighted by Crippen LogP contribution is 2.07. The van der Waals surface area contributed by atoms with E-state index in [2.05, 4.69) is 10.6 Å². The second-order valence-corrected chi connectivity index (χ2v) is 3.75. The third-order valence-electron chi connectivity index (χ3n) is 2.47. The smallest absolute Gasteiger partial charge is 0.326 e. The maximum absolute atomic E-state index is 11.6. The van der Waals surface area contributed by atoms with Crippen molar-refractivity contribution in [3.63, 3.8) is 0 Å². The molecule has 1 rings (SSSR count). The van der Waals surface area contributed by atoms with Gasteiger partial charge in [0.1, 0.15) is 12.1 Å². The van der Waals surface area contributed by atoms with Crippen molar-refractivity contribution in [3.8, 4) is 6.07 Å². The number of carboxylic acids is 1. The highest BCUT2D eigenvalue weighted by Gasteiger charge is 2.30. The first-order valence-electron chi connectivity index (χ1n) is 5.24. The van der Waals surface area contributed by atoms with Crippen molar-refractivity contribution >= 4 is 17.8 Å². The molecule has 7 nitrogen and oxygen atoms in total. The van der Waals surface area contributed by atoms with Crippen LogP contribution in [0.2, 0.25) is 0 Å². The van der Waals surface area contributed by atoms with E-state index in [1.165, 1.54) is 0 Å². The fourth-order valence-corrected chi connectivity index (χ4v) is 1.55. The van der Waals surface area contributed by atoms with E-state index in [4.69, 9.17) is 10.4 Å². The zero-order valence-electron chi connectivity index (χ0n) is 9.10. The summed E-state index contributed by atoms with van der Waals surface area (Å²) in [7, 11) is 0. The van der Waals surface area contributed by atoms with Gasteiger partial charge in [0.15, 0.2) is 0 Å². The predicted octanol–water partition coefficient (Wildman–Crippen LogP) is -0.862. The maximum Gasteiger partial charge on any atom is 0.326 e. The summed E-state index contributed by atoms with van der Waals surface area (Å²) in [6.45, 7) is 0. The van der Waals surface area contributed by atoms with Crippen LogP contribution in [0.4, 0.5) is 0 Å². The number of amides is 2. The van der Waals surface area contributed by atoms with Crippen molar-refractivity contribution in [3.05, 3.63) is 0 Å². The van der Waals surface area contributed by atoms with Crippen LogP contribution in [0.5, 0.6) is 0 Å². The van der Waals surface area contributed by atoms with Crippen LogP contribution in [0.15, 0.2) is 0 Å². The molecule has 0 unspecified atom stereocenters. The predicted molar refractivity (Wildman–Crippen MR) is 55.6 cm³/mol. The van der Waals surface area contributed by atoms with Crippen LogP contribution in [-0.2, 0) is 14.4 Å². The van der Waals surface area contributed by atoms with E-state index in [9.17, 15) is 14.4 Å². The Balaban J connectivity index is 2.49. The molecular formula is C10H13N3O4. The number of hydrogen-bond donors (Lipinski definition) is 3. The van der Waals surface area contributed by atoms with Crippen molar-refractivity contribution in [1.29, 1.82) is 5.26 Å². The molecule has 0 bridgehead atoms. The number of carboxylic acid groups (broad SMARTS) is 1. The lowest BCUT2D eigenvalue weighted by Crippen LogP contribution is -2.48. The van der Waals surface area contributed by atoms with Gasteiger partial charge in [-0.25, -0.2) is 4.79 Å². The molecule has 1 fully saturated rings. The summed E-state index contributed by atoms with van der Waals surface area (Å²) in [4.78, 5) is 33.3. The Bertz CT molecular complexity index is 374. The minimum Gasteiger partial charge on any atom is -0.480 e. The number of aliphatic carboxylic acids is 1. The average Bonchev–Trinajstić information content (AvgIpc) is 2.70. The van der Waals surface area contributed by atoms with Crippen LogP contribution in [-0.4, -0.2) is 35.0 Å². The summed E-state index contributed by atoms with van der Waals surface area (Å²) >= 11 is 0. The van der Waals surface area contributed by atoms with Gasteiger partial charge in [-0.15, -0.1) is 0 Å². The molecule has 0 aliphatic carbocycles. The number of nitrogens with zero attached hydrogens (tertiary/aromatic N) is 1. The summed E-state index contributed by atoms with van der Waals surface area (Å²) in [5.41, 5.74) is 0. The molecule has 0 aromatic rings. The van der Waals surface area contributed by atoms with Crippen molar-refractivity contribution < 1.29 is 19.5 Å². The first kappa shape index (κ1) is 13.0. The van der Waals surface area contributed by atoms with Crippen molar-refractivity contribution in [2.75, 3.05) is 0 Å². The summed E-state index contributed by atoms with van der Waals surface area (Å²) in [6, 6.07) is 0.0742. The minimum absolute atomic E-state index is 0.0499. The summed E-state index contributed by atoms with van der Waals surface area (Å²) in [5.74, 6) is -1.91. The molecule has 17 heavy (non-hydrogen) atoms. The van der Waals surface area contributed by atoms with Crippen molar-refractivity contribution in [1.82, 2.24) is 10.6 Å². The first-order valence-corrected chi connectivity index (χ1v) is 5.24. The molecule has 0 spiro atoms. The summed E-state index contributed by atoms with van der Waals surface area (Å²) in [6.07, 6.45) is 0.746. The molecule has 0 saturated carbocycles. The first-order chi connectivity index (χ1) is 8.04. The van der Waals surface area contributed by atoms with Crippen LogP contribution in [0.25, 0.3) is 0 Å². The molecular weight excluding hydrogens is 226 g/mol. The Morgan fingerprint density at radius 2 is 2.35 bits per heavy atom. The van der Waals surface area contributed by atoms with Gasteiger partial charge >= 0.3 is 5.97 Å². The van der Waals surface area contributed by atoms with Crippen LogP contribution in [0.3, 0.4) is 0 Å². The van der Waals surface area contributed by atoms with E-state index < -0.39 is 24.0 Å². The molecule has 1 saturated heterocycles. The SMILES string of the molecule is N#CCC[C@@H](NC(=O)[C@@H]1CCC(=O)N1)C(=O)O. The normalized spacial score (nSPS) is 20.2. The average molecular weight is 239 g/mol. The number of carbonyl (C=O) groups is 3. The van der Waals surface area contributed by atoms with Gasteiger partial charge in [-0.05, 0) is 12.8 Å². The number of nitrogens with one attached hydrogen (secondary N) is 2. The van der Waals surface area contributed by atoms with E-state index in [-0.39, 0.29) is 25.2 Å². The van der Waals surface area contributed by atoms with Crippen LogP contribution < -0.4 is 10.6 Å². The van der Waals surface area contributed by atoms with Gasteiger partial charge in [0.2, 0.25) is 11.8 Å². The fraction of sp³-hybridized carbons (Fsp3) is 0.600. The Labute approximate surface area is 97.8 Å². The molecule has 2 atom stereocenters. The van der Waals surface area contributed by atoms with E-state index in [1.807, 2.05) is 6.07 Å². The highest BCUT2D eigenvalue weighted by atomic mass is 16.4. The van der Waals surface area contributed by atoms with Crippen LogP contribution in [0.1, 0.15) is 25.7 Å². The Morgan fingerprint density at radius 1 is 1.65 bits per heavy atom. The lowest BCUT2D eigenvalue weighted by atomic mass is 10.1. The number of rotatable bonds is 5. The molecule has 0 aromatic heterocycles. The van der Waals surface area contributed by atoms with Gasteiger partial charge in [-0.3, -0.25) is 9.59 Å². The van der Waals surface area contributed by atoms with E-state index in [0.29, 0.717) is 6.42 Å². The Hall–Kier alpha value is -2.10. The molecule has 1 aliphatic rings. The highest BCUT2D eigenvalue weighted by molar-refractivity contribution is 5.92.